The number of carbonyl (C=O) groups is 1. The summed E-state index contributed by atoms with van der Waals surface area (Å²) in [5, 5.41) is 0. The highest BCUT2D eigenvalue weighted by Crippen LogP contribution is 2.01. The summed E-state index contributed by atoms with van der Waals surface area (Å²) in [6.07, 6.45) is -0.684. The normalized spacial score (nSPS) is 11.9. The van der Waals surface area contributed by atoms with Gasteiger partial charge in [-0.05, 0) is 12.5 Å². The fraction of sp³-hybridized carbons (Fsp3) is 0.364. The molecule has 1 aromatic carbocycles. The third-order valence-electron chi connectivity index (χ3n) is 1.66. The Balaban J connectivity index is 2.23. The summed E-state index contributed by atoms with van der Waals surface area (Å²) in [6, 6.07) is 9.24. The Bertz CT molecular complexity index is 298. The molecule has 0 aliphatic rings. The molecule has 0 aliphatic carbocycles. The van der Waals surface area contributed by atoms with Gasteiger partial charge in [0.05, 0.1) is 0 Å². The Kier molecular flexibility index (Phi) is 4.63. The first-order valence-corrected chi connectivity index (χ1v) is 4.77. The van der Waals surface area contributed by atoms with Crippen molar-refractivity contribution in [2.24, 2.45) is 5.73 Å². The number of hydrogen-bond acceptors (Lipinski definition) is 4. The van der Waals surface area contributed by atoms with Crippen LogP contribution in [-0.2, 0) is 16.1 Å². The lowest BCUT2D eigenvalue weighted by molar-refractivity contribution is 0.0471. The van der Waals surface area contributed by atoms with E-state index in [1.54, 1.807) is 6.92 Å². The summed E-state index contributed by atoms with van der Waals surface area (Å²) in [6.45, 7) is 2.15. The lowest BCUT2D eigenvalue weighted by atomic mass is 10.2. The highest BCUT2D eigenvalue weighted by Gasteiger charge is 2.05. The van der Waals surface area contributed by atoms with E-state index in [0.29, 0.717) is 0 Å². The third-order valence-corrected chi connectivity index (χ3v) is 1.66. The fourth-order valence-corrected chi connectivity index (χ4v) is 0.958. The average molecular weight is 209 g/mol. The minimum absolute atomic E-state index is 0.172. The highest BCUT2D eigenvalue weighted by atomic mass is 16.7. The van der Waals surface area contributed by atoms with Gasteiger partial charge in [-0.25, -0.2) is 4.79 Å². The van der Waals surface area contributed by atoms with E-state index in [-0.39, 0.29) is 19.3 Å². The van der Waals surface area contributed by atoms with Crippen LogP contribution in [0, 0.1) is 0 Å². The van der Waals surface area contributed by atoms with Crippen LogP contribution in [0.15, 0.2) is 30.3 Å². The Morgan fingerprint density at radius 1 is 1.33 bits per heavy atom. The van der Waals surface area contributed by atoms with Crippen LogP contribution in [0.2, 0.25) is 0 Å². The van der Waals surface area contributed by atoms with Crippen LogP contribution >= 0.6 is 0 Å². The molecule has 0 bridgehead atoms. The number of carbonyl (C=O) groups excluding carboxylic acids is 1. The lowest BCUT2D eigenvalue weighted by Gasteiger charge is -2.07. The second-order valence-corrected chi connectivity index (χ2v) is 3.31. The van der Waals surface area contributed by atoms with Gasteiger partial charge in [0, 0.05) is 6.04 Å². The number of nitrogens with two attached hydrogens (primary N) is 1. The fourth-order valence-electron chi connectivity index (χ4n) is 0.958. The summed E-state index contributed by atoms with van der Waals surface area (Å²) >= 11 is 0. The molecule has 82 valence electrons. The van der Waals surface area contributed by atoms with Crippen molar-refractivity contribution in [1.29, 1.82) is 0 Å². The van der Waals surface area contributed by atoms with Gasteiger partial charge < -0.3 is 15.2 Å². The molecule has 0 saturated heterocycles. The standard InChI is InChI=1S/C11H15NO3/c1-9(12)7-14-11(13)15-8-10-5-3-2-4-6-10/h2-6,9H,7-8,12H2,1H3. The molecule has 0 aliphatic heterocycles. The Hall–Kier alpha value is -1.55. The molecule has 2 N–H and O–H groups in total. The van der Waals surface area contributed by atoms with Gasteiger partial charge in [0.1, 0.15) is 13.2 Å². The predicted molar refractivity (Wildman–Crippen MR) is 56.2 cm³/mol. The van der Waals surface area contributed by atoms with Crippen molar-refractivity contribution in [3.05, 3.63) is 35.9 Å². The minimum Gasteiger partial charge on any atom is -0.433 e. The molecule has 0 spiro atoms. The molecule has 0 fully saturated rings. The molecular formula is C11H15NO3. The van der Waals surface area contributed by atoms with Crippen LogP contribution in [0.1, 0.15) is 12.5 Å². The number of benzene rings is 1. The molecule has 0 heterocycles. The van der Waals surface area contributed by atoms with Crippen LogP contribution in [-0.4, -0.2) is 18.8 Å². The average Bonchev–Trinajstić information content (AvgIpc) is 2.25. The maximum atomic E-state index is 11.0. The van der Waals surface area contributed by atoms with E-state index in [2.05, 4.69) is 0 Å². The van der Waals surface area contributed by atoms with Gasteiger partial charge in [-0.2, -0.15) is 0 Å². The number of rotatable bonds is 4. The molecule has 15 heavy (non-hydrogen) atoms. The smallest absolute Gasteiger partial charge is 0.433 e. The van der Waals surface area contributed by atoms with Crippen molar-refractivity contribution < 1.29 is 14.3 Å². The topological polar surface area (TPSA) is 61.5 Å². The van der Waals surface area contributed by atoms with Gasteiger partial charge in [0.25, 0.3) is 0 Å². The van der Waals surface area contributed by atoms with Crippen molar-refractivity contribution in [2.45, 2.75) is 19.6 Å². The molecule has 4 heteroatoms. The van der Waals surface area contributed by atoms with Crippen molar-refractivity contribution >= 4 is 6.16 Å². The summed E-state index contributed by atoms with van der Waals surface area (Å²) in [7, 11) is 0. The van der Waals surface area contributed by atoms with Crippen LogP contribution in [0.4, 0.5) is 4.79 Å². The Labute approximate surface area is 89.0 Å². The van der Waals surface area contributed by atoms with E-state index in [1.807, 2.05) is 30.3 Å². The van der Waals surface area contributed by atoms with Crippen LogP contribution in [0.3, 0.4) is 0 Å². The molecule has 1 rings (SSSR count). The summed E-state index contributed by atoms with van der Waals surface area (Å²) in [5.74, 6) is 0. The first-order chi connectivity index (χ1) is 7.18. The Morgan fingerprint density at radius 3 is 2.60 bits per heavy atom. The second kappa shape index (κ2) is 6.03. The first kappa shape index (κ1) is 11.5. The number of ether oxygens (including phenoxy) is 2. The van der Waals surface area contributed by atoms with E-state index in [4.69, 9.17) is 15.2 Å². The van der Waals surface area contributed by atoms with Crippen molar-refractivity contribution in [1.82, 2.24) is 0 Å². The zero-order valence-electron chi connectivity index (χ0n) is 8.68. The number of hydrogen-bond donors (Lipinski definition) is 1. The third kappa shape index (κ3) is 5.02. The SMILES string of the molecule is CC(N)COC(=O)OCc1ccccc1. The van der Waals surface area contributed by atoms with Crippen LogP contribution in [0.5, 0.6) is 0 Å². The maximum Gasteiger partial charge on any atom is 0.508 e. The van der Waals surface area contributed by atoms with E-state index in [1.165, 1.54) is 0 Å². The predicted octanol–water partition coefficient (Wildman–Crippen LogP) is 1.69. The molecule has 1 unspecified atom stereocenters. The quantitative estimate of drug-likeness (QED) is 0.766. The van der Waals surface area contributed by atoms with E-state index in [0.717, 1.165) is 5.56 Å². The molecule has 1 aromatic rings. The molecule has 1 atom stereocenters. The van der Waals surface area contributed by atoms with Crippen molar-refractivity contribution in [2.75, 3.05) is 6.61 Å². The summed E-state index contributed by atoms with van der Waals surface area (Å²) < 4.78 is 9.60. The maximum absolute atomic E-state index is 11.0. The molecule has 0 radical (unpaired) electrons. The van der Waals surface area contributed by atoms with E-state index < -0.39 is 6.16 Å². The molecule has 0 amide bonds. The first-order valence-electron chi connectivity index (χ1n) is 4.77. The van der Waals surface area contributed by atoms with Crippen molar-refractivity contribution in [3.8, 4) is 0 Å². The molecular weight excluding hydrogens is 194 g/mol. The van der Waals surface area contributed by atoms with Gasteiger partial charge in [-0.3, -0.25) is 0 Å². The van der Waals surface area contributed by atoms with E-state index in [9.17, 15) is 4.79 Å². The van der Waals surface area contributed by atoms with Gasteiger partial charge in [-0.1, -0.05) is 30.3 Å². The minimum atomic E-state index is -0.684. The largest absolute Gasteiger partial charge is 0.508 e. The van der Waals surface area contributed by atoms with Crippen LogP contribution < -0.4 is 5.73 Å². The molecule has 0 saturated carbocycles. The van der Waals surface area contributed by atoms with Gasteiger partial charge in [0.15, 0.2) is 0 Å². The van der Waals surface area contributed by atoms with Gasteiger partial charge >= 0.3 is 6.16 Å². The molecule has 0 aromatic heterocycles. The molecule has 4 nitrogen and oxygen atoms in total. The highest BCUT2D eigenvalue weighted by molar-refractivity contribution is 5.59. The van der Waals surface area contributed by atoms with Crippen molar-refractivity contribution in [3.63, 3.8) is 0 Å². The van der Waals surface area contributed by atoms with E-state index >= 15 is 0 Å². The van der Waals surface area contributed by atoms with Gasteiger partial charge in [0.2, 0.25) is 0 Å². The zero-order chi connectivity index (χ0) is 11.1. The summed E-state index contributed by atoms with van der Waals surface area (Å²) in [5.41, 5.74) is 6.34. The zero-order valence-corrected chi connectivity index (χ0v) is 8.68. The lowest BCUT2D eigenvalue weighted by Crippen LogP contribution is -2.24. The monoisotopic (exact) mass is 209 g/mol. The van der Waals surface area contributed by atoms with Crippen LogP contribution in [0.25, 0.3) is 0 Å². The second-order valence-electron chi connectivity index (χ2n) is 3.31. The Morgan fingerprint density at radius 2 is 2.00 bits per heavy atom. The summed E-state index contributed by atoms with van der Waals surface area (Å²) in [4.78, 5) is 11.0. The van der Waals surface area contributed by atoms with Gasteiger partial charge in [-0.15, -0.1) is 0 Å².